The Labute approximate surface area is 140 Å². The van der Waals surface area contributed by atoms with Gasteiger partial charge in [0.15, 0.2) is 0 Å². The fourth-order valence-electron chi connectivity index (χ4n) is 2.05. The minimum atomic E-state index is -0.202. The van der Waals surface area contributed by atoms with E-state index in [-0.39, 0.29) is 36.8 Å². The summed E-state index contributed by atoms with van der Waals surface area (Å²) in [4.78, 5) is 23.4. The minimum absolute atomic E-state index is 0. The summed E-state index contributed by atoms with van der Waals surface area (Å²) in [5.41, 5.74) is 2.08. The zero-order chi connectivity index (χ0) is 14.1. The fraction of sp³-hybridized carbons (Fsp3) is 0.214. The first-order chi connectivity index (χ1) is 9.63. The molecule has 1 aliphatic heterocycles. The number of hydrogen-bond donors (Lipinski definition) is 3. The highest BCUT2D eigenvalue weighted by Crippen LogP contribution is 2.20. The molecule has 3 N–H and O–H groups in total. The van der Waals surface area contributed by atoms with Crippen LogP contribution >= 0.6 is 24.8 Å². The highest BCUT2D eigenvalue weighted by molar-refractivity contribution is 6.14. The molecule has 1 amide bonds. The first kappa shape index (κ1) is 18.0. The molecule has 0 spiro atoms. The molecule has 0 saturated heterocycles. The van der Waals surface area contributed by atoms with Crippen LogP contribution in [0, 0.1) is 0 Å². The monoisotopic (exact) mass is 341 g/mol. The Morgan fingerprint density at radius 2 is 2.09 bits per heavy atom. The lowest BCUT2D eigenvalue weighted by Crippen LogP contribution is -2.39. The number of pyridine rings is 1. The molecule has 0 aliphatic carbocycles. The van der Waals surface area contributed by atoms with Gasteiger partial charge >= 0.3 is 0 Å². The van der Waals surface area contributed by atoms with E-state index in [1.165, 1.54) is 0 Å². The Bertz CT molecular complexity index is 736. The highest BCUT2D eigenvalue weighted by atomic mass is 35.5. The van der Waals surface area contributed by atoms with Crippen LogP contribution in [-0.2, 0) is 4.79 Å². The van der Waals surface area contributed by atoms with Gasteiger partial charge in [0.1, 0.15) is 11.3 Å². The van der Waals surface area contributed by atoms with Crippen molar-refractivity contribution >= 4 is 53.8 Å². The maximum Gasteiger partial charge on any atom is 0.276 e. The number of aromatic amines is 1. The zero-order valence-corrected chi connectivity index (χ0v) is 13.7. The molecule has 1 aliphatic rings. The molecule has 22 heavy (non-hydrogen) atoms. The van der Waals surface area contributed by atoms with Gasteiger partial charge in [-0.1, -0.05) is 0 Å². The molecule has 2 aromatic rings. The van der Waals surface area contributed by atoms with Crippen LogP contribution in [0.3, 0.4) is 0 Å². The zero-order valence-electron chi connectivity index (χ0n) is 12.1. The van der Waals surface area contributed by atoms with Gasteiger partial charge in [-0.05, 0) is 32.1 Å². The summed E-state index contributed by atoms with van der Waals surface area (Å²) >= 11 is 0. The highest BCUT2D eigenvalue weighted by Gasteiger charge is 2.20. The van der Waals surface area contributed by atoms with E-state index in [1.54, 1.807) is 12.3 Å². The van der Waals surface area contributed by atoms with Crippen LogP contribution in [-0.4, -0.2) is 27.9 Å². The molecule has 0 aromatic carbocycles. The Hall–Kier alpha value is -2.05. The van der Waals surface area contributed by atoms with Gasteiger partial charge in [0, 0.05) is 29.4 Å². The molecule has 2 aromatic heterocycles. The number of guanidine groups is 1. The molecule has 8 heteroatoms. The molecular weight excluding hydrogens is 325 g/mol. The van der Waals surface area contributed by atoms with Crippen LogP contribution in [0.2, 0.25) is 0 Å². The van der Waals surface area contributed by atoms with E-state index in [0.717, 1.165) is 16.6 Å². The van der Waals surface area contributed by atoms with Crippen LogP contribution in [0.5, 0.6) is 0 Å². The number of aromatic nitrogens is 2. The molecular formula is C14H17Cl2N5O. The molecule has 3 heterocycles. The average Bonchev–Trinajstić information content (AvgIpc) is 2.95. The quantitative estimate of drug-likeness (QED) is 0.732. The largest absolute Gasteiger partial charge is 0.354 e. The third-order valence-electron chi connectivity index (χ3n) is 2.90. The summed E-state index contributed by atoms with van der Waals surface area (Å²) in [6, 6.07) is 4.03. The summed E-state index contributed by atoms with van der Waals surface area (Å²) in [5, 5.41) is 6.74. The van der Waals surface area contributed by atoms with Gasteiger partial charge in [-0.15, -0.1) is 24.8 Å². The lowest BCUT2D eigenvalue weighted by Gasteiger charge is -2.07. The van der Waals surface area contributed by atoms with E-state index in [4.69, 9.17) is 0 Å². The van der Waals surface area contributed by atoms with Crippen molar-refractivity contribution in [2.75, 3.05) is 0 Å². The summed E-state index contributed by atoms with van der Waals surface area (Å²) in [6.45, 7) is 3.98. The second-order valence-corrected chi connectivity index (χ2v) is 4.89. The Balaban J connectivity index is 0.00000121. The first-order valence-electron chi connectivity index (χ1n) is 6.44. The molecule has 0 radical (unpaired) electrons. The third kappa shape index (κ3) is 3.58. The van der Waals surface area contributed by atoms with Crippen molar-refractivity contribution in [3.8, 4) is 0 Å². The number of carbonyl (C=O) groups is 1. The smallest absolute Gasteiger partial charge is 0.276 e. The van der Waals surface area contributed by atoms with Crippen LogP contribution in [0.15, 0.2) is 35.2 Å². The maximum atomic E-state index is 11.9. The predicted molar refractivity (Wildman–Crippen MR) is 92.4 cm³/mol. The number of nitrogens with zero attached hydrogens (tertiary/aromatic N) is 2. The van der Waals surface area contributed by atoms with E-state index in [1.807, 2.05) is 32.2 Å². The second kappa shape index (κ2) is 7.29. The third-order valence-corrected chi connectivity index (χ3v) is 2.90. The van der Waals surface area contributed by atoms with Gasteiger partial charge in [0.05, 0.1) is 0 Å². The molecule has 0 atom stereocenters. The molecule has 0 bridgehead atoms. The van der Waals surface area contributed by atoms with Crippen LogP contribution in [0.25, 0.3) is 17.1 Å². The number of halogens is 2. The summed E-state index contributed by atoms with van der Waals surface area (Å²) < 4.78 is 0. The number of rotatable bonds is 2. The van der Waals surface area contributed by atoms with Crippen molar-refractivity contribution in [2.45, 2.75) is 19.9 Å². The Kier molecular flexibility index (Phi) is 5.96. The van der Waals surface area contributed by atoms with Gasteiger partial charge in [0.2, 0.25) is 5.96 Å². The second-order valence-electron chi connectivity index (χ2n) is 4.89. The van der Waals surface area contributed by atoms with Crippen molar-refractivity contribution in [1.29, 1.82) is 0 Å². The van der Waals surface area contributed by atoms with Gasteiger partial charge < -0.3 is 10.3 Å². The van der Waals surface area contributed by atoms with Gasteiger partial charge in [-0.2, -0.15) is 0 Å². The number of fused-ring (bicyclic) bond motifs is 1. The van der Waals surface area contributed by atoms with Gasteiger partial charge in [-0.3, -0.25) is 10.1 Å². The number of nitrogens with one attached hydrogen (secondary N) is 3. The lowest BCUT2D eigenvalue weighted by atomic mass is 10.2. The minimum Gasteiger partial charge on any atom is -0.354 e. The van der Waals surface area contributed by atoms with E-state index < -0.39 is 0 Å². The molecule has 0 unspecified atom stereocenters. The number of aliphatic imine (C=N–C) groups is 1. The van der Waals surface area contributed by atoms with Crippen molar-refractivity contribution in [1.82, 2.24) is 20.6 Å². The number of carbonyl (C=O) groups excluding carboxylic acids is 1. The van der Waals surface area contributed by atoms with E-state index >= 15 is 0 Å². The standard InChI is InChI=1S/C14H15N5O.2ClH/c1-8(2)17-14-18-11(13(20)19-14)6-9-7-16-12-10(9)4-3-5-15-12;;/h3-8H,1-2H3,(H,15,16)(H2,17,18,19,20);2*1H/b11-6-;;. The van der Waals surface area contributed by atoms with Crippen molar-refractivity contribution in [3.63, 3.8) is 0 Å². The summed E-state index contributed by atoms with van der Waals surface area (Å²) in [6.07, 6.45) is 5.30. The van der Waals surface area contributed by atoms with E-state index in [0.29, 0.717) is 11.7 Å². The maximum absolute atomic E-state index is 11.9. The van der Waals surface area contributed by atoms with Crippen LogP contribution in [0.1, 0.15) is 19.4 Å². The van der Waals surface area contributed by atoms with Crippen LogP contribution < -0.4 is 10.6 Å². The lowest BCUT2D eigenvalue weighted by molar-refractivity contribution is -0.115. The first-order valence-corrected chi connectivity index (χ1v) is 6.44. The molecule has 3 rings (SSSR count). The normalized spacial score (nSPS) is 15.3. The average molecular weight is 342 g/mol. The van der Waals surface area contributed by atoms with Crippen molar-refractivity contribution < 1.29 is 4.79 Å². The Morgan fingerprint density at radius 3 is 2.82 bits per heavy atom. The van der Waals surface area contributed by atoms with Gasteiger partial charge in [0.25, 0.3) is 5.91 Å². The van der Waals surface area contributed by atoms with Crippen molar-refractivity contribution in [2.24, 2.45) is 4.99 Å². The SMILES string of the molecule is CC(C)NC1=N/C(=C\c2c[nH]c3ncccc23)C(=O)N1.Cl.Cl. The topological polar surface area (TPSA) is 82.2 Å². The van der Waals surface area contributed by atoms with Gasteiger partial charge in [-0.25, -0.2) is 9.98 Å². The molecule has 118 valence electrons. The number of hydrogen-bond acceptors (Lipinski definition) is 4. The molecule has 6 nitrogen and oxygen atoms in total. The summed E-state index contributed by atoms with van der Waals surface area (Å²) in [7, 11) is 0. The van der Waals surface area contributed by atoms with Crippen molar-refractivity contribution in [3.05, 3.63) is 35.8 Å². The van der Waals surface area contributed by atoms with E-state index in [9.17, 15) is 4.79 Å². The predicted octanol–water partition coefficient (Wildman–Crippen LogP) is 2.23. The van der Waals surface area contributed by atoms with E-state index in [2.05, 4.69) is 25.6 Å². The molecule has 0 saturated carbocycles. The summed E-state index contributed by atoms with van der Waals surface area (Å²) in [5.74, 6) is 0.292. The Morgan fingerprint density at radius 1 is 1.32 bits per heavy atom. The number of amides is 1. The number of H-pyrrole nitrogens is 1. The molecule has 0 fully saturated rings. The van der Waals surface area contributed by atoms with Crippen LogP contribution in [0.4, 0.5) is 0 Å². The fourth-order valence-corrected chi connectivity index (χ4v) is 2.05.